The molecular weight excluding hydrogens is 220 g/mol. The summed E-state index contributed by atoms with van der Waals surface area (Å²) in [6.07, 6.45) is 0.683. The number of azide groups is 1. The molecule has 1 atom stereocenters. The van der Waals surface area contributed by atoms with E-state index in [4.69, 9.17) is 21.9 Å². The maximum atomic E-state index is 9.28. The third kappa shape index (κ3) is 4.03. The van der Waals surface area contributed by atoms with Gasteiger partial charge in [0.25, 0.3) is 0 Å². The van der Waals surface area contributed by atoms with Crippen LogP contribution in [-0.2, 0) is 0 Å². The van der Waals surface area contributed by atoms with Crippen LogP contribution in [0, 0.1) is 0 Å². The minimum absolute atomic E-state index is 0.00440. The van der Waals surface area contributed by atoms with E-state index >= 15 is 0 Å². The quantitative estimate of drug-likeness (QED) is 0.360. The summed E-state index contributed by atoms with van der Waals surface area (Å²) in [7, 11) is 0. The van der Waals surface area contributed by atoms with Crippen LogP contribution in [0.25, 0.3) is 10.4 Å². The van der Waals surface area contributed by atoms with Gasteiger partial charge in [-0.25, -0.2) is 4.98 Å². The van der Waals surface area contributed by atoms with Crippen LogP contribution in [0.4, 0.5) is 0 Å². The zero-order valence-corrected chi connectivity index (χ0v) is 8.50. The van der Waals surface area contributed by atoms with Gasteiger partial charge in [-0.15, -0.1) is 0 Å². The van der Waals surface area contributed by atoms with E-state index in [9.17, 15) is 5.11 Å². The molecule has 0 saturated heterocycles. The second kappa shape index (κ2) is 6.08. The van der Waals surface area contributed by atoms with Crippen LogP contribution < -0.4 is 4.74 Å². The molecule has 1 aromatic heterocycles. The Morgan fingerprint density at radius 3 is 3.20 bits per heavy atom. The average molecular weight is 229 g/mol. The normalized spacial score (nSPS) is 11.6. The number of aliphatic hydroxyl groups is 1. The molecule has 0 fully saturated rings. The molecule has 0 aliphatic heterocycles. The summed E-state index contributed by atoms with van der Waals surface area (Å²) in [6, 6.07) is 3.30. The van der Waals surface area contributed by atoms with Crippen molar-refractivity contribution in [1.29, 1.82) is 0 Å². The zero-order valence-electron chi connectivity index (χ0n) is 7.75. The molecule has 1 rings (SSSR count). The smallest absolute Gasteiger partial charge is 0.171 e. The van der Waals surface area contributed by atoms with Crippen molar-refractivity contribution in [2.24, 2.45) is 5.11 Å². The number of ether oxygens (including phenoxy) is 1. The Hall–Kier alpha value is -1.49. The highest BCUT2D eigenvalue weighted by molar-refractivity contribution is 6.30. The van der Waals surface area contributed by atoms with Crippen molar-refractivity contribution < 1.29 is 9.84 Å². The molecule has 1 N–H and O–H groups in total. The highest BCUT2D eigenvalue weighted by atomic mass is 35.5. The van der Waals surface area contributed by atoms with E-state index in [0.717, 1.165) is 0 Å². The van der Waals surface area contributed by atoms with E-state index < -0.39 is 6.10 Å². The molecule has 1 heterocycles. The second-order valence-corrected chi connectivity index (χ2v) is 3.03. The summed E-state index contributed by atoms with van der Waals surface area (Å²) in [6.45, 7) is -0.0290. The van der Waals surface area contributed by atoms with Crippen molar-refractivity contribution in [3.8, 4) is 5.75 Å². The van der Waals surface area contributed by atoms with Crippen LogP contribution in [-0.4, -0.2) is 29.3 Å². The molecule has 80 valence electrons. The lowest BCUT2D eigenvalue weighted by atomic mass is 10.4. The van der Waals surface area contributed by atoms with Gasteiger partial charge in [-0.1, -0.05) is 16.7 Å². The third-order valence-electron chi connectivity index (χ3n) is 1.51. The minimum Gasteiger partial charge on any atom is -0.488 e. The Morgan fingerprint density at radius 2 is 2.53 bits per heavy atom. The van der Waals surface area contributed by atoms with Gasteiger partial charge < -0.3 is 9.84 Å². The van der Waals surface area contributed by atoms with Gasteiger partial charge in [0, 0.05) is 11.1 Å². The fourth-order valence-corrected chi connectivity index (χ4v) is 1.02. The lowest BCUT2D eigenvalue weighted by Crippen LogP contribution is -2.20. The van der Waals surface area contributed by atoms with Gasteiger partial charge in [0.15, 0.2) is 10.9 Å². The SMILES string of the molecule is [N-]=[N+]=NC[C@H](O)COc1cccnc1Cl. The molecule has 0 aliphatic rings. The van der Waals surface area contributed by atoms with E-state index in [1.165, 1.54) is 6.20 Å². The molecule has 0 bridgehead atoms. The van der Waals surface area contributed by atoms with Gasteiger partial charge in [0.05, 0.1) is 12.6 Å². The number of hydrogen-bond donors (Lipinski definition) is 1. The van der Waals surface area contributed by atoms with E-state index in [1.807, 2.05) is 0 Å². The minimum atomic E-state index is -0.850. The number of aliphatic hydroxyl groups excluding tert-OH is 1. The van der Waals surface area contributed by atoms with Crippen molar-refractivity contribution in [1.82, 2.24) is 4.98 Å². The Balaban J connectivity index is 2.43. The largest absolute Gasteiger partial charge is 0.488 e. The number of aromatic nitrogens is 1. The first-order valence-electron chi connectivity index (χ1n) is 4.16. The second-order valence-electron chi connectivity index (χ2n) is 2.67. The van der Waals surface area contributed by atoms with E-state index in [1.54, 1.807) is 12.1 Å². The highest BCUT2D eigenvalue weighted by Gasteiger charge is 2.06. The molecule has 0 amide bonds. The Morgan fingerprint density at radius 1 is 1.73 bits per heavy atom. The molecule has 0 radical (unpaired) electrons. The number of pyridine rings is 1. The lowest BCUT2D eigenvalue weighted by Gasteiger charge is -2.10. The molecular formula is C8H9ClN4O2. The number of halogens is 1. The van der Waals surface area contributed by atoms with Gasteiger partial charge in [-0.3, -0.25) is 0 Å². The molecule has 0 unspecified atom stereocenters. The van der Waals surface area contributed by atoms with Crippen LogP contribution in [0.2, 0.25) is 5.15 Å². The molecule has 1 aromatic rings. The molecule has 6 nitrogen and oxygen atoms in total. The van der Waals surface area contributed by atoms with Crippen LogP contribution >= 0.6 is 11.6 Å². The molecule has 0 aliphatic carbocycles. The van der Waals surface area contributed by atoms with E-state index in [0.29, 0.717) is 5.75 Å². The summed E-state index contributed by atoms with van der Waals surface area (Å²) >= 11 is 5.71. The maximum absolute atomic E-state index is 9.28. The Labute approximate surface area is 91.1 Å². The molecule has 15 heavy (non-hydrogen) atoms. The average Bonchev–Trinajstić information content (AvgIpc) is 2.25. The third-order valence-corrected chi connectivity index (χ3v) is 1.80. The van der Waals surface area contributed by atoms with Gasteiger partial charge in [-0.2, -0.15) is 0 Å². The van der Waals surface area contributed by atoms with Crippen molar-refractivity contribution in [2.45, 2.75) is 6.10 Å². The number of hydrogen-bond acceptors (Lipinski definition) is 4. The Kier molecular flexibility index (Phi) is 4.70. The van der Waals surface area contributed by atoms with E-state index in [2.05, 4.69) is 15.0 Å². The maximum Gasteiger partial charge on any atom is 0.171 e. The van der Waals surface area contributed by atoms with Gasteiger partial charge in [-0.05, 0) is 17.7 Å². The molecule has 0 spiro atoms. The summed E-state index contributed by atoms with van der Waals surface area (Å²) in [4.78, 5) is 6.32. The van der Waals surface area contributed by atoms with Crippen LogP contribution in [0.5, 0.6) is 5.75 Å². The molecule has 0 aromatic carbocycles. The summed E-state index contributed by atoms with van der Waals surface area (Å²) in [5, 5.41) is 12.7. The van der Waals surface area contributed by atoms with Crippen LogP contribution in [0.15, 0.2) is 23.4 Å². The first-order valence-corrected chi connectivity index (χ1v) is 4.54. The summed E-state index contributed by atoms with van der Waals surface area (Å²) in [5.41, 5.74) is 8.02. The zero-order chi connectivity index (χ0) is 11.1. The van der Waals surface area contributed by atoms with Gasteiger partial charge >= 0.3 is 0 Å². The van der Waals surface area contributed by atoms with Crippen LogP contribution in [0.3, 0.4) is 0 Å². The molecule has 7 heteroatoms. The van der Waals surface area contributed by atoms with Crippen LogP contribution in [0.1, 0.15) is 0 Å². The first kappa shape index (κ1) is 11.6. The van der Waals surface area contributed by atoms with Gasteiger partial charge in [0.2, 0.25) is 0 Å². The van der Waals surface area contributed by atoms with Crippen molar-refractivity contribution in [2.75, 3.05) is 13.2 Å². The Bertz CT molecular complexity index is 367. The van der Waals surface area contributed by atoms with Gasteiger partial charge in [0.1, 0.15) is 6.61 Å². The monoisotopic (exact) mass is 228 g/mol. The number of nitrogens with zero attached hydrogens (tertiary/aromatic N) is 4. The predicted molar refractivity (Wildman–Crippen MR) is 54.8 cm³/mol. The van der Waals surface area contributed by atoms with Crippen molar-refractivity contribution >= 4 is 11.6 Å². The topological polar surface area (TPSA) is 91.1 Å². The number of rotatable bonds is 5. The molecule has 0 saturated carbocycles. The predicted octanol–water partition coefficient (Wildman–Crippen LogP) is 1.78. The van der Waals surface area contributed by atoms with Crippen molar-refractivity contribution in [3.05, 3.63) is 33.9 Å². The first-order chi connectivity index (χ1) is 7.24. The fourth-order valence-electron chi connectivity index (χ4n) is 0.848. The van der Waals surface area contributed by atoms with E-state index in [-0.39, 0.29) is 18.3 Å². The van der Waals surface area contributed by atoms with Crippen molar-refractivity contribution in [3.63, 3.8) is 0 Å². The summed E-state index contributed by atoms with van der Waals surface area (Å²) < 4.78 is 5.17. The standard InChI is InChI=1S/C8H9ClN4O2/c9-8-7(2-1-3-11-8)15-5-6(14)4-12-13-10/h1-3,6,14H,4-5H2/t6-/m0/s1. The highest BCUT2D eigenvalue weighted by Crippen LogP contribution is 2.20. The lowest BCUT2D eigenvalue weighted by molar-refractivity contribution is 0.114. The fraction of sp³-hybridized carbons (Fsp3) is 0.375. The summed E-state index contributed by atoms with van der Waals surface area (Å²) in [5.74, 6) is 0.388.